The summed E-state index contributed by atoms with van der Waals surface area (Å²) in [6, 6.07) is 13.3. The zero-order valence-electron chi connectivity index (χ0n) is 14.1. The Morgan fingerprint density at radius 1 is 1.20 bits per heavy atom. The fraction of sp³-hybridized carbons (Fsp3) is 0.300. The number of nitrogens with one attached hydrogen (secondary N) is 1. The number of aryl methyl sites for hydroxylation is 1. The number of carboxylic acids is 1. The Morgan fingerprint density at radius 2 is 1.96 bits per heavy atom. The maximum absolute atomic E-state index is 11.9. The second kappa shape index (κ2) is 9.59. The van der Waals surface area contributed by atoms with Gasteiger partial charge in [0.1, 0.15) is 0 Å². The van der Waals surface area contributed by atoms with Gasteiger partial charge in [0.2, 0.25) is 5.91 Å². The van der Waals surface area contributed by atoms with Crippen molar-refractivity contribution in [2.75, 3.05) is 13.2 Å². The third-order valence-corrected chi connectivity index (χ3v) is 3.84. The summed E-state index contributed by atoms with van der Waals surface area (Å²) in [5, 5.41) is 14.0. The van der Waals surface area contributed by atoms with E-state index in [0.717, 1.165) is 12.0 Å². The highest BCUT2D eigenvalue weighted by Gasteiger charge is 2.19. The molecule has 0 heterocycles. The molecule has 0 aliphatic rings. The van der Waals surface area contributed by atoms with E-state index >= 15 is 0 Å². The van der Waals surface area contributed by atoms with Gasteiger partial charge in [-0.05, 0) is 29.2 Å². The van der Waals surface area contributed by atoms with Crippen LogP contribution in [0.25, 0.3) is 10.8 Å². The molecule has 2 aromatic rings. The molecule has 1 unspecified atom stereocenters. The summed E-state index contributed by atoms with van der Waals surface area (Å²) in [6.07, 6.45) is 3.23. The number of carboxylic acid groups (broad SMARTS) is 1. The molecule has 0 saturated heterocycles. The molecule has 2 aromatic carbocycles. The Labute approximate surface area is 147 Å². The van der Waals surface area contributed by atoms with Crippen molar-refractivity contribution in [1.82, 2.24) is 5.32 Å². The molecule has 1 amide bonds. The minimum absolute atomic E-state index is 0.0717. The van der Waals surface area contributed by atoms with E-state index in [9.17, 15) is 9.59 Å². The van der Waals surface area contributed by atoms with Gasteiger partial charge in [-0.2, -0.15) is 0 Å². The van der Waals surface area contributed by atoms with Crippen LogP contribution < -0.4 is 5.32 Å². The van der Waals surface area contributed by atoms with Gasteiger partial charge in [0.15, 0.2) is 6.04 Å². The lowest BCUT2D eigenvalue weighted by Gasteiger charge is -2.14. The molecule has 1 atom stereocenters. The Morgan fingerprint density at radius 3 is 2.68 bits per heavy atom. The molecule has 0 aliphatic heterocycles. The molecule has 25 heavy (non-hydrogen) atoms. The Hall–Kier alpha value is -2.66. The van der Waals surface area contributed by atoms with Crippen molar-refractivity contribution in [3.63, 3.8) is 0 Å². The molecule has 0 aromatic heterocycles. The van der Waals surface area contributed by atoms with Gasteiger partial charge >= 0.3 is 5.97 Å². The SMILES string of the molecule is C=CCOCC(NC(=O)CCCc1ccc2ccccc2c1)C(=O)O. The van der Waals surface area contributed by atoms with Gasteiger partial charge in [-0.15, -0.1) is 6.58 Å². The van der Waals surface area contributed by atoms with Crippen molar-refractivity contribution >= 4 is 22.6 Å². The van der Waals surface area contributed by atoms with Gasteiger partial charge < -0.3 is 15.2 Å². The summed E-state index contributed by atoms with van der Waals surface area (Å²) in [5.41, 5.74) is 1.16. The third-order valence-electron chi connectivity index (χ3n) is 3.84. The van der Waals surface area contributed by atoms with E-state index in [1.54, 1.807) is 0 Å². The normalized spacial score (nSPS) is 11.8. The highest BCUT2D eigenvalue weighted by molar-refractivity contribution is 5.84. The number of carbonyl (C=O) groups excluding carboxylic acids is 1. The molecule has 0 saturated carbocycles. The van der Waals surface area contributed by atoms with Crippen molar-refractivity contribution in [1.29, 1.82) is 0 Å². The summed E-state index contributed by atoms with van der Waals surface area (Å²) >= 11 is 0. The zero-order valence-corrected chi connectivity index (χ0v) is 14.1. The number of hydrogen-bond donors (Lipinski definition) is 2. The van der Waals surface area contributed by atoms with E-state index in [1.165, 1.54) is 16.8 Å². The van der Waals surface area contributed by atoms with Crippen LogP contribution in [0.15, 0.2) is 55.1 Å². The van der Waals surface area contributed by atoms with Gasteiger partial charge in [-0.1, -0.05) is 48.5 Å². The largest absolute Gasteiger partial charge is 0.480 e. The van der Waals surface area contributed by atoms with Gasteiger partial charge in [0.05, 0.1) is 13.2 Å². The minimum atomic E-state index is -1.10. The van der Waals surface area contributed by atoms with Gasteiger partial charge in [0, 0.05) is 6.42 Å². The Balaban J connectivity index is 1.79. The summed E-state index contributed by atoms with van der Waals surface area (Å²) in [7, 11) is 0. The summed E-state index contributed by atoms with van der Waals surface area (Å²) in [4.78, 5) is 23.1. The highest BCUT2D eigenvalue weighted by atomic mass is 16.5. The number of carbonyl (C=O) groups is 2. The number of aliphatic carboxylic acids is 1. The molecular weight excluding hydrogens is 318 g/mol. The fourth-order valence-electron chi connectivity index (χ4n) is 2.56. The molecule has 0 bridgehead atoms. The van der Waals surface area contributed by atoms with Crippen molar-refractivity contribution in [2.45, 2.75) is 25.3 Å². The molecule has 5 heteroatoms. The first kappa shape index (κ1) is 18.7. The summed E-state index contributed by atoms with van der Waals surface area (Å²) in [6.45, 7) is 3.67. The standard InChI is InChI=1S/C20H23NO4/c1-2-12-25-14-18(20(23)24)21-19(22)9-5-6-15-10-11-16-7-3-4-8-17(16)13-15/h2-4,7-8,10-11,13,18H,1,5-6,9,12,14H2,(H,21,22)(H,23,24). The van der Waals surface area contributed by atoms with Crippen LogP contribution in [0.3, 0.4) is 0 Å². The molecule has 2 N–H and O–H groups in total. The number of fused-ring (bicyclic) bond motifs is 1. The van der Waals surface area contributed by atoms with Crippen LogP contribution in [0.1, 0.15) is 18.4 Å². The molecular formula is C20H23NO4. The minimum Gasteiger partial charge on any atom is -0.480 e. The first-order valence-corrected chi connectivity index (χ1v) is 8.28. The maximum atomic E-state index is 11.9. The van der Waals surface area contributed by atoms with Crippen molar-refractivity contribution in [3.8, 4) is 0 Å². The van der Waals surface area contributed by atoms with Crippen molar-refractivity contribution in [2.24, 2.45) is 0 Å². The Bertz CT molecular complexity index is 741. The molecule has 2 rings (SSSR count). The van der Waals surface area contributed by atoms with Crippen LogP contribution in [0.2, 0.25) is 0 Å². The van der Waals surface area contributed by atoms with Crippen LogP contribution >= 0.6 is 0 Å². The smallest absolute Gasteiger partial charge is 0.328 e. The summed E-state index contributed by atoms with van der Waals surface area (Å²) in [5.74, 6) is -1.39. The lowest BCUT2D eigenvalue weighted by atomic mass is 10.0. The second-order valence-corrected chi connectivity index (χ2v) is 5.82. The van der Waals surface area contributed by atoms with E-state index in [1.807, 2.05) is 12.1 Å². The number of hydrogen-bond acceptors (Lipinski definition) is 3. The Kier molecular flexibility index (Phi) is 7.16. The molecule has 0 radical (unpaired) electrons. The molecule has 0 spiro atoms. The summed E-state index contributed by atoms with van der Waals surface area (Å²) < 4.78 is 5.11. The zero-order chi connectivity index (χ0) is 18.1. The lowest BCUT2D eigenvalue weighted by Crippen LogP contribution is -2.44. The van der Waals surface area contributed by atoms with Gasteiger partial charge in [-0.25, -0.2) is 4.79 Å². The predicted octanol–water partition coefficient (Wildman–Crippen LogP) is 2.93. The van der Waals surface area contributed by atoms with Crippen LogP contribution in [-0.4, -0.2) is 36.2 Å². The van der Waals surface area contributed by atoms with Gasteiger partial charge in [-0.3, -0.25) is 4.79 Å². The van der Waals surface area contributed by atoms with Crippen LogP contribution in [0, 0.1) is 0 Å². The van der Waals surface area contributed by atoms with E-state index in [-0.39, 0.29) is 25.5 Å². The van der Waals surface area contributed by atoms with E-state index < -0.39 is 12.0 Å². The van der Waals surface area contributed by atoms with Crippen molar-refractivity contribution in [3.05, 3.63) is 60.7 Å². The molecule has 0 fully saturated rings. The predicted molar refractivity (Wildman–Crippen MR) is 97.5 cm³/mol. The topological polar surface area (TPSA) is 75.6 Å². The highest BCUT2D eigenvalue weighted by Crippen LogP contribution is 2.17. The molecule has 5 nitrogen and oxygen atoms in total. The quantitative estimate of drug-likeness (QED) is 0.515. The monoisotopic (exact) mass is 341 g/mol. The second-order valence-electron chi connectivity index (χ2n) is 5.82. The van der Waals surface area contributed by atoms with Crippen LogP contribution in [0.4, 0.5) is 0 Å². The van der Waals surface area contributed by atoms with Crippen LogP contribution in [0.5, 0.6) is 0 Å². The third kappa shape index (κ3) is 6.04. The van der Waals surface area contributed by atoms with E-state index in [0.29, 0.717) is 6.42 Å². The first-order valence-electron chi connectivity index (χ1n) is 8.28. The average molecular weight is 341 g/mol. The number of benzene rings is 2. The molecule has 132 valence electrons. The lowest BCUT2D eigenvalue weighted by molar-refractivity contribution is -0.143. The van der Waals surface area contributed by atoms with E-state index in [2.05, 4.69) is 42.2 Å². The fourth-order valence-corrected chi connectivity index (χ4v) is 2.56. The van der Waals surface area contributed by atoms with Crippen LogP contribution in [-0.2, 0) is 20.7 Å². The first-order chi connectivity index (χ1) is 12.1. The number of amides is 1. The number of ether oxygens (including phenoxy) is 1. The van der Waals surface area contributed by atoms with Gasteiger partial charge in [0.25, 0.3) is 0 Å². The maximum Gasteiger partial charge on any atom is 0.328 e. The van der Waals surface area contributed by atoms with Crippen molar-refractivity contribution < 1.29 is 19.4 Å². The average Bonchev–Trinajstić information content (AvgIpc) is 2.61. The molecule has 0 aliphatic carbocycles. The number of rotatable bonds is 10. The van der Waals surface area contributed by atoms with E-state index in [4.69, 9.17) is 9.84 Å².